The van der Waals surface area contributed by atoms with E-state index in [4.69, 9.17) is 4.74 Å². The summed E-state index contributed by atoms with van der Waals surface area (Å²) in [5, 5.41) is 3.38. The van der Waals surface area contributed by atoms with E-state index in [0.717, 1.165) is 31.9 Å². The molecular formula is C17H27N3O. The lowest BCUT2D eigenvalue weighted by Gasteiger charge is -2.22. The Hall–Kier alpha value is -1.81. The van der Waals surface area contributed by atoms with Crippen LogP contribution in [0.5, 0.6) is 0 Å². The van der Waals surface area contributed by atoms with Crippen LogP contribution in [-0.4, -0.2) is 38.6 Å². The number of benzene rings is 1. The standard InChI is InChI=1S/C17H27N3O/c1-5-6-7-12-20(3)17(18-2)19-13-15-8-10-16(11-9-15)14-21-4/h5,8-11H,1,6-7,12-14H2,2-4H3,(H,18,19). The summed E-state index contributed by atoms with van der Waals surface area (Å²) in [4.78, 5) is 6.46. The van der Waals surface area contributed by atoms with Crippen molar-refractivity contribution in [3.05, 3.63) is 48.0 Å². The molecule has 0 fully saturated rings. The van der Waals surface area contributed by atoms with Crippen molar-refractivity contribution in [3.63, 3.8) is 0 Å². The molecule has 1 rings (SSSR count). The molecule has 0 spiro atoms. The van der Waals surface area contributed by atoms with Gasteiger partial charge >= 0.3 is 0 Å². The van der Waals surface area contributed by atoms with Gasteiger partial charge in [-0.25, -0.2) is 0 Å². The summed E-state index contributed by atoms with van der Waals surface area (Å²) >= 11 is 0. The lowest BCUT2D eigenvalue weighted by atomic mass is 10.1. The van der Waals surface area contributed by atoms with Gasteiger partial charge in [-0.15, -0.1) is 6.58 Å². The summed E-state index contributed by atoms with van der Waals surface area (Å²) in [7, 11) is 5.58. The first-order valence-electron chi connectivity index (χ1n) is 7.30. The molecule has 0 aromatic heterocycles. The van der Waals surface area contributed by atoms with Gasteiger partial charge < -0.3 is 15.0 Å². The highest BCUT2D eigenvalue weighted by molar-refractivity contribution is 5.79. The zero-order valence-corrected chi connectivity index (χ0v) is 13.4. The van der Waals surface area contributed by atoms with E-state index < -0.39 is 0 Å². The van der Waals surface area contributed by atoms with Gasteiger partial charge in [0.15, 0.2) is 5.96 Å². The molecule has 1 aromatic carbocycles. The van der Waals surface area contributed by atoms with Crippen molar-refractivity contribution in [3.8, 4) is 0 Å². The number of hydrogen-bond acceptors (Lipinski definition) is 2. The van der Waals surface area contributed by atoms with E-state index in [9.17, 15) is 0 Å². The van der Waals surface area contributed by atoms with Crippen molar-refractivity contribution in [2.24, 2.45) is 4.99 Å². The SMILES string of the molecule is C=CCCCN(C)C(=NC)NCc1ccc(COC)cc1. The fourth-order valence-electron chi connectivity index (χ4n) is 2.06. The average Bonchev–Trinajstić information content (AvgIpc) is 2.50. The first-order valence-corrected chi connectivity index (χ1v) is 7.30. The number of hydrogen-bond donors (Lipinski definition) is 1. The number of allylic oxidation sites excluding steroid dienone is 1. The molecule has 0 aliphatic heterocycles. The minimum Gasteiger partial charge on any atom is -0.380 e. The molecule has 0 aliphatic carbocycles. The van der Waals surface area contributed by atoms with Crippen LogP contribution < -0.4 is 5.32 Å². The molecule has 0 saturated heterocycles. The number of aliphatic imine (C=N–C) groups is 1. The second-order valence-corrected chi connectivity index (χ2v) is 5.00. The Bertz CT molecular complexity index is 440. The van der Waals surface area contributed by atoms with Crippen LogP contribution >= 0.6 is 0 Å². The summed E-state index contributed by atoms with van der Waals surface area (Å²) in [5.74, 6) is 0.917. The fraction of sp³-hybridized carbons (Fsp3) is 0.471. The summed E-state index contributed by atoms with van der Waals surface area (Å²) in [5.41, 5.74) is 2.42. The first kappa shape index (κ1) is 17.2. The molecule has 4 nitrogen and oxygen atoms in total. The Kier molecular flexibility index (Phi) is 8.21. The third-order valence-electron chi connectivity index (χ3n) is 3.26. The summed E-state index contributed by atoms with van der Waals surface area (Å²) in [6.45, 7) is 6.14. The minimum absolute atomic E-state index is 0.654. The molecule has 0 heterocycles. The van der Waals surface area contributed by atoms with Crippen LogP contribution in [0.25, 0.3) is 0 Å². The molecule has 0 amide bonds. The molecule has 1 aromatic rings. The van der Waals surface area contributed by atoms with Crippen molar-refractivity contribution in [2.45, 2.75) is 26.0 Å². The van der Waals surface area contributed by atoms with E-state index in [-0.39, 0.29) is 0 Å². The summed E-state index contributed by atoms with van der Waals surface area (Å²) in [6.07, 6.45) is 4.07. The largest absolute Gasteiger partial charge is 0.380 e. The van der Waals surface area contributed by atoms with Gasteiger partial charge in [0.05, 0.1) is 6.61 Å². The number of nitrogens with one attached hydrogen (secondary N) is 1. The first-order chi connectivity index (χ1) is 10.2. The number of guanidine groups is 1. The monoisotopic (exact) mass is 289 g/mol. The molecule has 0 unspecified atom stereocenters. The highest BCUT2D eigenvalue weighted by Gasteiger charge is 2.04. The molecule has 0 radical (unpaired) electrons. The van der Waals surface area contributed by atoms with Gasteiger partial charge in [0.1, 0.15) is 0 Å². The van der Waals surface area contributed by atoms with Crippen molar-refractivity contribution < 1.29 is 4.74 Å². The van der Waals surface area contributed by atoms with Gasteiger partial charge in [0.25, 0.3) is 0 Å². The van der Waals surface area contributed by atoms with Gasteiger partial charge in [0, 0.05) is 34.3 Å². The third kappa shape index (κ3) is 6.45. The number of methoxy groups -OCH3 is 1. The minimum atomic E-state index is 0.654. The van der Waals surface area contributed by atoms with Gasteiger partial charge in [-0.3, -0.25) is 4.99 Å². The van der Waals surface area contributed by atoms with Crippen LogP contribution in [-0.2, 0) is 17.9 Å². The van der Waals surface area contributed by atoms with Crippen LogP contribution in [0.2, 0.25) is 0 Å². The van der Waals surface area contributed by atoms with E-state index in [2.05, 4.69) is 53.1 Å². The summed E-state index contributed by atoms with van der Waals surface area (Å²) < 4.78 is 5.11. The van der Waals surface area contributed by atoms with Gasteiger partial charge in [-0.2, -0.15) is 0 Å². The Morgan fingerprint density at radius 3 is 2.57 bits per heavy atom. The van der Waals surface area contributed by atoms with Crippen LogP contribution in [0.15, 0.2) is 41.9 Å². The van der Waals surface area contributed by atoms with Crippen molar-refractivity contribution >= 4 is 5.96 Å². The fourth-order valence-corrected chi connectivity index (χ4v) is 2.06. The quantitative estimate of drug-likeness (QED) is 0.346. The smallest absolute Gasteiger partial charge is 0.193 e. The summed E-state index contributed by atoms with van der Waals surface area (Å²) in [6, 6.07) is 8.42. The lowest BCUT2D eigenvalue weighted by molar-refractivity contribution is 0.185. The molecule has 4 heteroatoms. The predicted octanol–water partition coefficient (Wildman–Crippen LogP) is 2.81. The molecule has 0 aliphatic rings. The number of unbranched alkanes of at least 4 members (excludes halogenated alkanes) is 1. The van der Waals surface area contributed by atoms with E-state index >= 15 is 0 Å². The Balaban J connectivity index is 2.45. The Morgan fingerprint density at radius 1 is 1.33 bits per heavy atom. The topological polar surface area (TPSA) is 36.9 Å². The van der Waals surface area contributed by atoms with Crippen molar-refractivity contribution in [1.29, 1.82) is 0 Å². The van der Waals surface area contributed by atoms with E-state index in [0.29, 0.717) is 6.61 Å². The Labute approximate surface area is 128 Å². The molecule has 0 atom stereocenters. The lowest BCUT2D eigenvalue weighted by Crippen LogP contribution is -2.38. The van der Waals surface area contributed by atoms with Gasteiger partial charge in [-0.05, 0) is 24.0 Å². The highest BCUT2D eigenvalue weighted by Crippen LogP contribution is 2.05. The molecule has 21 heavy (non-hydrogen) atoms. The van der Waals surface area contributed by atoms with E-state index in [1.54, 1.807) is 7.11 Å². The number of ether oxygens (including phenoxy) is 1. The second kappa shape index (κ2) is 10.00. The van der Waals surface area contributed by atoms with E-state index in [1.165, 1.54) is 11.1 Å². The number of nitrogens with zero attached hydrogens (tertiary/aromatic N) is 2. The van der Waals surface area contributed by atoms with Crippen LogP contribution in [0, 0.1) is 0 Å². The predicted molar refractivity (Wildman–Crippen MR) is 89.4 cm³/mol. The molecule has 1 N–H and O–H groups in total. The van der Waals surface area contributed by atoms with E-state index in [1.807, 2.05) is 13.1 Å². The third-order valence-corrected chi connectivity index (χ3v) is 3.26. The molecule has 0 saturated carbocycles. The van der Waals surface area contributed by atoms with Crippen LogP contribution in [0.4, 0.5) is 0 Å². The van der Waals surface area contributed by atoms with Crippen LogP contribution in [0.1, 0.15) is 24.0 Å². The maximum Gasteiger partial charge on any atom is 0.193 e. The highest BCUT2D eigenvalue weighted by atomic mass is 16.5. The van der Waals surface area contributed by atoms with Gasteiger partial charge in [0.2, 0.25) is 0 Å². The second-order valence-electron chi connectivity index (χ2n) is 5.00. The Morgan fingerprint density at radius 2 is 2.00 bits per heavy atom. The zero-order valence-electron chi connectivity index (χ0n) is 13.4. The number of rotatable bonds is 8. The van der Waals surface area contributed by atoms with Crippen LogP contribution in [0.3, 0.4) is 0 Å². The molecule has 116 valence electrons. The molecular weight excluding hydrogens is 262 g/mol. The maximum atomic E-state index is 5.11. The average molecular weight is 289 g/mol. The van der Waals surface area contributed by atoms with Gasteiger partial charge in [-0.1, -0.05) is 30.3 Å². The van der Waals surface area contributed by atoms with Crippen molar-refractivity contribution in [2.75, 3.05) is 27.7 Å². The zero-order chi connectivity index (χ0) is 15.5. The normalized spacial score (nSPS) is 11.3. The molecule has 0 bridgehead atoms. The maximum absolute atomic E-state index is 5.11. The van der Waals surface area contributed by atoms with Crippen molar-refractivity contribution in [1.82, 2.24) is 10.2 Å².